The van der Waals surface area contributed by atoms with Crippen molar-refractivity contribution in [3.63, 3.8) is 0 Å². The van der Waals surface area contributed by atoms with Crippen LogP contribution in [0.15, 0.2) is 24.3 Å². The zero-order valence-electron chi connectivity index (χ0n) is 12.9. The average Bonchev–Trinajstić information content (AvgIpc) is 2.45. The molecule has 0 saturated carbocycles. The van der Waals surface area contributed by atoms with Crippen LogP contribution in [0.4, 0.5) is 4.39 Å². The molecule has 0 aliphatic rings. The minimum atomic E-state index is -0.331. The van der Waals surface area contributed by atoms with E-state index in [9.17, 15) is 14.0 Å². The third-order valence-corrected chi connectivity index (χ3v) is 3.54. The van der Waals surface area contributed by atoms with Crippen molar-refractivity contribution in [2.75, 3.05) is 6.54 Å². The van der Waals surface area contributed by atoms with E-state index >= 15 is 0 Å². The van der Waals surface area contributed by atoms with Crippen molar-refractivity contribution >= 4 is 11.8 Å². The topological polar surface area (TPSA) is 49.4 Å². The zero-order valence-corrected chi connectivity index (χ0v) is 12.9. The van der Waals surface area contributed by atoms with Crippen molar-refractivity contribution in [1.29, 1.82) is 0 Å². The first kappa shape index (κ1) is 17.1. The summed E-state index contributed by atoms with van der Waals surface area (Å²) in [5, 5.41) is 2.67. The predicted octanol–water partition coefficient (Wildman–Crippen LogP) is 2.48. The summed E-state index contributed by atoms with van der Waals surface area (Å²) >= 11 is 0. The molecule has 0 aromatic heterocycles. The molecule has 0 spiro atoms. The molecule has 0 aliphatic carbocycles. The molecule has 1 aromatic rings. The van der Waals surface area contributed by atoms with E-state index in [1.54, 1.807) is 23.1 Å². The monoisotopic (exact) mass is 294 g/mol. The summed E-state index contributed by atoms with van der Waals surface area (Å²) in [5.41, 5.74) is 0.455. The SMILES string of the molecule is CCC(C)N(CCC(=O)NCc1ccccc1F)C(C)=O. The van der Waals surface area contributed by atoms with E-state index in [0.717, 1.165) is 6.42 Å². The Morgan fingerprint density at radius 2 is 2.00 bits per heavy atom. The molecule has 1 aromatic carbocycles. The molecule has 116 valence electrons. The van der Waals surface area contributed by atoms with Crippen LogP contribution in [0.2, 0.25) is 0 Å². The van der Waals surface area contributed by atoms with Crippen LogP contribution in [0.3, 0.4) is 0 Å². The van der Waals surface area contributed by atoms with Gasteiger partial charge in [-0.15, -0.1) is 0 Å². The lowest BCUT2D eigenvalue weighted by atomic mass is 10.2. The van der Waals surface area contributed by atoms with Crippen LogP contribution in [0.1, 0.15) is 39.2 Å². The molecule has 21 heavy (non-hydrogen) atoms. The van der Waals surface area contributed by atoms with Crippen molar-refractivity contribution in [2.45, 2.75) is 46.2 Å². The highest BCUT2D eigenvalue weighted by atomic mass is 19.1. The average molecular weight is 294 g/mol. The molecular weight excluding hydrogens is 271 g/mol. The number of nitrogens with one attached hydrogen (secondary N) is 1. The molecule has 0 saturated heterocycles. The van der Waals surface area contributed by atoms with Crippen LogP contribution in [-0.2, 0) is 16.1 Å². The van der Waals surface area contributed by atoms with Crippen LogP contribution in [0.5, 0.6) is 0 Å². The number of nitrogens with zero attached hydrogens (tertiary/aromatic N) is 1. The molecule has 0 bridgehead atoms. The number of hydrogen-bond donors (Lipinski definition) is 1. The van der Waals surface area contributed by atoms with Crippen LogP contribution in [-0.4, -0.2) is 29.3 Å². The molecule has 5 heteroatoms. The van der Waals surface area contributed by atoms with E-state index in [0.29, 0.717) is 12.1 Å². The summed E-state index contributed by atoms with van der Waals surface area (Å²) in [7, 11) is 0. The maximum absolute atomic E-state index is 13.4. The molecule has 1 rings (SSSR count). The van der Waals surface area contributed by atoms with Gasteiger partial charge < -0.3 is 10.2 Å². The van der Waals surface area contributed by atoms with Gasteiger partial charge in [-0.25, -0.2) is 4.39 Å². The summed E-state index contributed by atoms with van der Waals surface area (Å²) in [4.78, 5) is 25.0. The highest BCUT2D eigenvalue weighted by Gasteiger charge is 2.16. The lowest BCUT2D eigenvalue weighted by molar-refractivity contribution is -0.131. The van der Waals surface area contributed by atoms with Gasteiger partial charge in [-0.2, -0.15) is 0 Å². The molecule has 0 fully saturated rings. The molecule has 4 nitrogen and oxygen atoms in total. The van der Waals surface area contributed by atoms with Crippen molar-refractivity contribution in [2.24, 2.45) is 0 Å². The van der Waals surface area contributed by atoms with Gasteiger partial charge >= 0.3 is 0 Å². The standard InChI is InChI=1S/C16H23FN2O2/c1-4-12(2)19(13(3)20)10-9-16(21)18-11-14-7-5-6-8-15(14)17/h5-8,12H,4,9-11H2,1-3H3,(H,18,21). The van der Waals surface area contributed by atoms with Crippen molar-refractivity contribution in [3.05, 3.63) is 35.6 Å². The Morgan fingerprint density at radius 3 is 2.57 bits per heavy atom. The zero-order chi connectivity index (χ0) is 15.8. The quantitative estimate of drug-likeness (QED) is 0.840. The van der Waals surface area contributed by atoms with Crippen molar-refractivity contribution in [1.82, 2.24) is 10.2 Å². The predicted molar refractivity (Wildman–Crippen MR) is 80.0 cm³/mol. The van der Waals surface area contributed by atoms with Crippen LogP contribution in [0.25, 0.3) is 0 Å². The first-order valence-corrected chi connectivity index (χ1v) is 7.23. The van der Waals surface area contributed by atoms with E-state index in [-0.39, 0.29) is 36.6 Å². The molecule has 0 heterocycles. The smallest absolute Gasteiger partial charge is 0.222 e. The number of carbonyl (C=O) groups is 2. The van der Waals surface area contributed by atoms with Gasteiger partial charge in [-0.1, -0.05) is 25.1 Å². The fraction of sp³-hybridized carbons (Fsp3) is 0.500. The van der Waals surface area contributed by atoms with Crippen LogP contribution < -0.4 is 5.32 Å². The van der Waals surface area contributed by atoms with E-state index < -0.39 is 0 Å². The number of amides is 2. The van der Waals surface area contributed by atoms with E-state index in [1.165, 1.54) is 13.0 Å². The second-order valence-corrected chi connectivity index (χ2v) is 5.09. The molecule has 0 aliphatic heterocycles. The number of rotatable bonds is 7. The fourth-order valence-electron chi connectivity index (χ4n) is 2.05. The lowest BCUT2D eigenvalue weighted by Gasteiger charge is -2.27. The molecule has 1 atom stereocenters. The molecule has 1 unspecified atom stereocenters. The second-order valence-electron chi connectivity index (χ2n) is 5.09. The maximum Gasteiger partial charge on any atom is 0.222 e. The Kier molecular flexibility index (Phi) is 6.85. The largest absolute Gasteiger partial charge is 0.352 e. The lowest BCUT2D eigenvalue weighted by Crippen LogP contribution is -2.39. The molecule has 0 radical (unpaired) electrons. The van der Waals surface area contributed by atoms with E-state index in [1.807, 2.05) is 13.8 Å². The van der Waals surface area contributed by atoms with Gasteiger partial charge in [0, 0.05) is 38.0 Å². The van der Waals surface area contributed by atoms with Gasteiger partial charge in [0.15, 0.2) is 0 Å². The summed E-state index contributed by atoms with van der Waals surface area (Å²) in [6.07, 6.45) is 1.06. The maximum atomic E-state index is 13.4. The Hall–Kier alpha value is -1.91. The summed E-state index contributed by atoms with van der Waals surface area (Å²) < 4.78 is 13.4. The Labute approximate surface area is 125 Å². The Balaban J connectivity index is 2.43. The first-order valence-electron chi connectivity index (χ1n) is 7.23. The molecular formula is C16H23FN2O2. The van der Waals surface area contributed by atoms with Gasteiger partial charge in [0.05, 0.1) is 0 Å². The number of halogens is 1. The second kappa shape index (κ2) is 8.39. The minimum Gasteiger partial charge on any atom is -0.352 e. The van der Waals surface area contributed by atoms with E-state index in [4.69, 9.17) is 0 Å². The summed E-state index contributed by atoms with van der Waals surface area (Å²) in [6.45, 7) is 6.00. The molecule has 2 amide bonds. The van der Waals surface area contributed by atoms with Gasteiger partial charge in [-0.3, -0.25) is 9.59 Å². The van der Waals surface area contributed by atoms with Crippen molar-refractivity contribution in [3.8, 4) is 0 Å². The third-order valence-electron chi connectivity index (χ3n) is 3.54. The van der Waals surface area contributed by atoms with Crippen molar-refractivity contribution < 1.29 is 14.0 Å². The normalized spacial score (nSPS) is 11.8. The molecule has 1 N–H and O–H groups in total. The Bertz CT molecular complexity index is 491. The number of hydrogen-bond acceptors (Lipinski definition) is 2. The van der Waals surface area contributed by atoms with Crippen LogP contribution >= 0.6 is 0 Å². The first-order chi connectivity index (χ1) is 9.95. The van der Waals surface area contributed by atoms with Gasteiger partial charge in [-0.05, 0) is 19.4 Å². The number of carbonyl (C=O) groups excluding carboxylic acids is 2. The van der Waals surface area contributed by atoms with Crippen LogP contribution in [0, 0.1) is 5.82 Å². The van der Waals surface area contributed by atoms with Gasteiger partial charge in [0.25, 0.3) is 0 Å². The highest BCUT2D eigenvalue weighted by molar-refractivity contribution is 5.78. The third kappa shape index (κ3) is 5.53. The van der Waals surface area contributed by atoms with E-state index in [2.05, 4.69) is 5.32 Å². The minimum absolute atomic E-state index is 0.0359. The van der Waals surface area contributed by atoms with Gasteiger partial charge in [0.1, 0.15) is 5.82 Å². The highest BCUT2D eigenvalue weighted by Crippen LogP contribution is 2.07. The Morgan fingerprint density at radius 1 is 1.33 bits per heavy atom. The van der Waals surface area contributed by atoms with Gasteiger partial charge in [0.2, 0.25) is 11.8 Å². The number of benzene rings is 1. The summed E-state index contributed by atoms with van der Waals surface area (Å²) in [6, 6.07) is 6.45. The fourth-order valence-corrected chi connectivity index (χ4v) is 2.05. The summed E-state index contributed by atoms with van der Waals surface area (Å²) in [5.74, 6) is -0.554.